The number of thioether (sulfide) groups is 1. The van der Waals surface area contributed by atoms with Gasteiger partial charge in [-0.15, -0.1) is 0 Å². The SMILES string of the molecule is CCN(CC)C1(CN)CCSC1. The molecule has 1 fully saturated rings. The zero-order valence-corrected chi connectivity index (χ0v) is 8.99. The summed E-state index contributed by atoms with van der Waals surface area (Å²) in [5, 5.41) is 0. The highest BCUT2D eigenvalue weighted by atomic mass is 32.2. The lowest BCUT2D eigenvalue weighted by Crippen LogP contribution is -2.53. The average molecular weight is 188 g/mol. The molecule has 0 aromatic heterocycles. The van der Waals surface area contributed by atoms with E-state index in [2.05, 4.69) is 18.7 Å². The molecule has 0 aromatic carbocycles. The lowest BCUT2D eigenvalue weighted by Gasteiger charge is -2.38. The quantitative estimate of drug-likeness (QED) is 0.718. The topological polar surface area (TPSA) is 29.3 Å². The van der Waals surface area contributed by atoms with E-state index in [1.807, 2.05) is 11.8 Å². The van der Waals surface area contributed by atoms with Crippen LogP contribution >= 0.6 is 11.8 Å². The predicted molar refractivity (Wildman–Crippen MR) is 56.6 cm³/mol. The van der Waals surface area contributed by atoms with Gasteiger partial charge in [0.2, 0.25) is 0 Å². The van der Waals surface area contributed by atoms with Crippen LogP contribution in [0.4, 0.5) is 0 Å². The van der Waals surface area contributed by atoms with Crippen molar-refractivity contribution in [2.75, 3.05) is 31.1 Å². The van der Waals surface area contributed by atoms with Crippen LogP contribution in [-0.4, -0.2) is 41.6 Å². The zero-order chi connectivity index (χ0) is 9.03. The van der Waals surface area contributed by atoms with E-state index in [9.17, 15) is 0 Å². The molecule has 12 heavy (non-hydrogen) atoms. The Hall–Kier alpha value is 0.270. The van der Waals surface area contributed by atoms with Gasteiger partial charge in [0.15, 0.2) is 0 Å². The van der Waals surface area contributed by atoms with Crippen LogP contribution in [0, 0.1) is 0 Å². The number of hydrogen-bond acceptors (Lipinski definition) is 3. The Kier molecular flexibility index (Phi) is 3.87. The maximum atomic E-state index is 5.87. The second-order valence-corrected chi connectivity index (χ2v) is 4.51. The highest BCUT2D eigenvalue weighted by Gasteiger charge is 2.37. The standard InChI is InChI=1S/C9H20N2S/c1-3-11(4-2)9(7-10)5-6-12-8-9/h3-8,10H2,1-2H3. The van der Waals surface area contributed by atoms with Crippen molar-refractivity contribution >= 4 is 11.8 Å². The third-order valence-corrected chi connectivity index (χ3v) is 4.13. The molecule has 1 heterocycles. The molecule has 1 unspecified atom stereocenters. The highest BCUT2D eigenvalue weighted by molar-refractivity contribution is 7.99. The molecule has 1 aliphatic heterocycles. The van der Waals surface area contributed by atoms with Gasteiger partial charge in [-0.05, 0) is 25.3 Å². The first-order valence-corrected chi connectivity index (χ1v) is 5.97. The van der Waals surface area contributed by atoms with E-state index in [1.54, 1.807) is 0 Å². The minimum absolute atomic E-state index is 0.328. The van der Waals surface area contributed by atoms with Gasteiger partial charge in [-0.2, -0.15) is 11.8 Å². The summed E-state index contributed by atoms with van der Waals surface area (Å²) in [6.45, 7) is 7.54. The van der Waals surface area contributed by atoms with Crippen LogP contribution in [0.3, 0.4) is 0 Å². The Morgan fingerprint density at radius 3 is 2.42 bits per heavy atom. The van der Waals surface area contributed by atoms with E-state index in [1.165, 1.54) is 17.9 Å². The van der Waals surface area contributed by atoms with Gasteiger partial charge in [-0.25, -0.2) is 0 Å². The van der Waals surface area contributed by atoms with Crippen LogP contribution in [-0.2, 0) is 0 Å². The summed E-state index contributed by atoms with van der Waals surface area (Å²) >= 11 is 2.04. The van der Waals surface area contributed by atoms with E-state index in [-0.39, 0.29) is 0 Å². The molecule has 1 atom stereocenters. The van der Waals surface area contributed by atoms with Crippen LogP contribution in [0.25, 0.3) is 0 Å². The summed E-state index contributed by atoms with van der Waals surface area (Å²) in [4.78, 5) is 2.52. The molecule has 0 spiro atoms. The summed E-state index contributed by atoms with van der Waals surface area (Å²) in [6.07, 6.45) is 1.27. The fraction of sp³-hybridized carbons (Fsp3) is 1.00. The summed E-state index contributed by atoms with van der Waals surface area (Å²) in [6, 6.07) is 0. The summed E-state index contributed by atoms with van der Waals surface area (Å²) < 4.78 is 0. The molecule has 0 amide bonds. The molecule has 1 aliphatic rings. The molecular weight excluding hydrogens is 168 g/mol. The van der Waals surface area contributed by atoms with E-state index < -0.39 is 0 Å². The van der Waals surface area contributed by atoms with Crippen molar-refractivity contribution in [1.82, 2.24) is 4.90 Å². The summed E-state index contributed by atoms with van der Waals surface area (Å²) in [5.74, 6) is 2.51. The number of rotatable bonds is 4. The Balaban J connectivity index is 2.63. The number of nitrogens with zero attached hydrogens (tertiary/aromatic N) is 1. The number of likely N-dealkylation sites (N-methyl/N-ethyl adjacent to an activating group) is 1. The molecule has 0 aliphatic carbocycles. The maximum Gasteiger partial charge on any atom is 0.0429 e. The third-order valence-electron chi connectivity index (χ3n) is 2.90. The smallest absolute Gasteiger partial charge is 0.0429 e. The van der Waals surface area contributed by atoms with Crippen LogP contribution in [0.2, 0.25) is 0 Å². The van der Waals surface area contributed by atoms with Gasteiger partial charge < -0.3 is 5.73 Å². The van der Waals surface area contributed by atoms with Gasteiger partial charge in [0.1, 0.15) is 0 Å². The molecule has 0 aromatic rings. The minimum atomic E-state index is 0.328. The molecule has 2 N–H and O–H groups in total. The van der Waals surface area contributed by atoms with Crippen molar-refractivity contribution in [2.45, 2.75) is 25.8 Å². The second-order valence-electron chi connectivity index (χ2n) is 3.40. The van der Waals surface area contributed by atoms with E-state index in [0.29, 0.717) is 5.54 Å². The zero-order valence-electron chi connectivity index (χ0n) is 8.18. The van der Waals surface area contributed by atoms with Crippen molar-refractivity contribution < 1.29 is 0 Å². The maximum absolute atomic E-state index is 5.87. The summed E-state index contributed by atoms with van der Waals surface area (Å²) in [5.41, 5.74) is 6.19. The monoisotopic (exact) mass is 188 g/mol. The Labute approximate surface area is 79.9 Å². The fourth-order valence-corrected chi connectivity index (χ4v) is 3.52. The lowest BCUT2D eigenvalue weighted by molar-refractivity contribution is 0.131. The number of hydrogen-bond donors (Lipinski definition) is 1. The van der Waals surface area contributed by atoms with E-state index in [4.69, 9.17) is 5.73 Å². The van der Waals surface area contributed by atoms with Crippen LogP contribution in [0.1, 0.15) is 20.3 Å². The highest BCUT2D eigenvalue weighted by Crippen LogP contribution is 2.32. The van der Waals surface area contributed by atoms with Gasteiger partial charge in [-0.1, -0.05) is 13.8 Å². The van der Waals surface area contributed by atoms with Crippen molar-refractivity contribution in [3.63, 3.8) is 0 Å². The molecule has 2 nitrogen and oxygen atoms in total. The first-order chi connectivity index (χ1) is 5.79. The van der Waals surface area contributed by atoms with E-state index >= 15 is 0 Å². The third kappa shape index (κ3) is 1.78. The van der Waals surface area contributed by atoms with Crippen molar-refractivity contribution in [3.05, 3.63) is 0 Å². The predicted octanol–water partition coefficient (Wildman–Crippen LogP) is 1.16. The van der Waals surface area contributed by atoms with E-state index in [0.717, 1.165) is 19.6 Å². The van der Waals surface area contributed by atoms with Crippen LogP contribution in [0.5, 0.6) is 0 Å². The largest absolute Gasteiger partial charge is 0.329 e. The lowest BCUT2D eigenvalue weighted by atomic mass is 9.96. The minimum Gasteiger partial charge on any atom is -0.329 e. The molecule has 72 valence electrons. The van der Waals surface area contributed by atoms with Gasteiger partial charge >= 0.3 is 0 Å². The molecule has 3 heteroatoms. The Morgan fingerprint density at radius 2 is 2.08 bits per heavy atom. The molecule has 1 rings (SSSR count). The molecule has 0 bridgehead atoms. The van der Waals surface area contributed by atoms with Crippen molar-refractivity contribution in [2.24, 2.45) is 5.73 Å². The molecule has 1 saturated heterocycles. The van der Waals surface area contributed by atoms with Gasteiger partial charge in [0, 0.05) is 17.8 Å². The Bertz CT molecular complexity index is 128. The number of nitrogens with two attached hydrogens (primary N) is 1. The molecule has 0 saturated carbocycles. The van der Waals surface area contributed by atoms with Crippen LogP contribution in [0.15, 0.2) is 0 Å². The normalized spacial score (nSPS) is 30.0. The summed E-state index contributed by atoms with van der Waals surface area (Å²) in [7, 11) is 0. The Morgan fingerprint density at radius 1 is 1.42 bits per heavy atom. The first kappa shape index (κ1) is 10.4. The van der Waals surface area contributed by atoms with Gasteiger partial charge in [0.05, 0.1) is 0 Å². The van der Waals surface area contributed by atoms with Gasteiger partial charge in [0.25, 0.3) is 0 Å². The van der Waals surface area contributed by atoms with Gasteiger partial charge in [-0.3, -0.25) is 4.90 Å². The van der Waals surface area contributed by atoms with Crippen molar-refractivity contribution in [1.29, 1.82) is 0 Å². The van der Waals surface area contributed by atoms with Crippen molar-refractivity contribution in [3.8, 4) is 0 Å². The molecule has 0 radical (unpaired) electrons. The average Bonchev–Trinajstić information content (AvgIpc) is 2.56. The van der Waals surface area contributed by atoms with Crippen LogP contribution < -0.4 is 5.73 Å². The molecular formula is C9H20N2S. The first-order valence-electron chi connectivity index (χ1n) is 4.82. The second kappa shape index (κ2) is 4.49. The fourth-order valence-electron chi connectivity index (χ4n) is 2.03.